The molecule has 0 bridgehead atoms. The molecule has 0 aliphatic heterocycles. The van der Waals surface area contributed by atoms with E-state index in [2.05, 4.69) is 10.2 Å². The van der Waals surface area contributed by atoms with E-state index in [9.17, 15) is 13.2 Å². The van der Waals surface area contributed by atoms with Gasteiger partial charge in [-0.25, -0.2) is 0 Å². The molecule has 1 saturated carbocycles. The summed E-state index contributed by atoms with van der Waals surface area (Å²) in [6, 6.07) is 1.39. The number of hydrogen-bond donors (Lipinski definition) is 1. The van der Waals surface area contributed by atoms with Crippen molar-refractivity contribution in [2.75, 3.05) is 0 Å². The smallest absolute Gasteiger partial charge is 0.282 e. The zero-order valence-electron chi connectivity index (χ0n) is 6.15. The molecule has 0 unspecified atom stereocenters. The largest absolute Gasteiger partial charge is 0.399 e. The van der Waals surface area contributed by atoms with Gasteiger partial charge in [-0.3, -0.25) is 5.10 Å². The number of halogens is 3. The molecule has 0 saturated heterocycles. The molecular weight excluding hydrogens is 169 g/mol. The van der Waals surface area contributed by atoms with Crippen molar-refractivity contribution in [1.82, 2.24) is 10.2 Å². The number of rotatable bonds is 1. The van der Waals surface area contributed by atoms with Crippen molar-refractivity contribution in [2.45, 2.75) is 24.4 Å². The molecule has 1 N–H and O–H groups in total. The number of nitrogens with zero attached hydrogens (tertiary/aromatic N) is 1. The highest BCUT2D eigenvalue weighted by Gasteiger charge is 2.65. The van der Waals surface area contributed by atoms with E-state index in [4.69, 9.17) is 0 Å². The topological polar surface area (TPSA) is 28.7 Å². The first-order chi connectivity index (χ1) is 5.56. The summed E-state index contributed by atoms with van der Waals surface area (Å²) in [7, 11) is 0. The van der Waals surface area contributed by atoms with Crippen LogP contribution in [0.5, 0.6) is 0 Å². The lowest BCUT2D eigenvalue weighted by Crippen LogP contribution is -2.28. The monoisotopic (exact) mass is 176 g/mol. The van der Waals surface area contributed by atoms with Gasteiger partial charge in [-0.15, -0.1) is 0 Å². The van der Waals surface area contributed by atoms with E-state index in [0.717, 1.165) is 0 Å². The molecule has 0 aromatic carbocycles. The van der Waals surface area contributed by atoms with Crippen molar-refractivity contribution in [2.24, 2.45) is 0 Å². The van der Waals surface area contributed by atoms with Crippen molar-refractivity contribution < 1.29 is 13.2 Å². The Morgan fingerprint density at radius 1 is 1.42 bits per heavy atom. The minimum Gasteiger partial charge on any atom is -0.282 e. The van der Waals surface area contributed by atoms with Crippen LogP contribution in [0.25, 0.3) is 0 Å². The molecular formula is C7H7F3N2. The van der Waals surface area contributed by atoms with E-state index in [1.54, 1.807) is 0 Å². The molecule has 0 atom stereocenters. The summed E-state index contributed by atoms with van der Waals surface area (Å²) in [6.07, 6.45) is -2.43. The van der Waals surface area contributed by atoms with Crippen molar-refractivity contribution in [3.05, 3.63) is 18.0 Å². The Kier molecular flexibility index (Phi) is 1.29. The summed E-state index contributed by atoms with van der Waals surface area (Å²) in [4.78, 5) is 0. The highest BCUT2D eigenvalue weighted by molar-refractivity contribution is 5.26. The average Bonchev–Trinajstić information content (AvgIpc) is 2.61. The molecule has 1 aromatic heterocycles. The molecule has 1 aliphatic rings. The fourth-order valence-corrected chi connectivity index (χ4v) is 1.35. The van der Waals surface area contributed by atoms with E-state index in [0.29, 0.717) is 0 Å². The highest BCUT2D eigenvalue weighted by Crippen LogP contribution is 2.58. The van der Waals surface area contributed by atoms with E-state index in [1.165, 1.54) is 12.3 Å². The second kappa shape index (κ2) is 2.02. The third kappa shape index (κ3) is 0.852. The zero-order valence-corrected chi connectivity index (χ0v) is 6.15. The zero-order chi connectivity index (χ0) is 8.82. The maximum absolute atomic E-state index is 12.4. The molecule has 12 heavy (non-hydrogen) atoms. The fraction of sp³-hybridized carbons (Fsp3) is 0.571. The predicted molar refractivity (Wildman–Crippen MR) is 35.6 cm³/mol. The summed E-state index contributed by atoms with van der Waals surface area (Å²) in [6.45, 7) is 0. The Labute approximate surface area is 66.8 Å². The van der Waals surface area contributed by atoms with Crippen LogP contribution < -0.4 is 0 Å². The summed E-state index contributed by atoms with van der Waals surface area (Å²) in [5, 5.41) is 5.89. The lowest BCUT2D eigenvalue weighted by molar-refractivity contribution is -0.161. The molecule has 0 spiro atoms. The van der Waals surface area contributed by atoms with Crippen molar-refractivity contribution in [3.8, 4) is 0 Å². The lowest BCUT2D eigenvalue weighted by atomic mass is 10.0. The molecule has 0 radical (unpaired) electrons. The first-order valence-corrected chi connectivity index (χ1v) is 3.63. The van der Waals surface area contributed by atoms with E-state index < -0.39 is 11.6 Å². The number of hydrogen-bond acceptors (Lipinski definition) is 1. The van der Waals surface area contributed by atoms with Gasteiger partial charge in [0.15, 0.2) is 0 Å². The number of nitrogens with one attached hydrogen (secondary N) is 1. The lowest BCUT2D eigenvalue weighted by Gasteiger charge is -2.16. The van der Waals surface area contributed by atoms with Crippen molar-refractivity contribution in [1.29, 1.82) is 0 Å². The fourth-order valence-electron chi connectivity index (χ4n) is 1.35. The number of alkyl halides is 3. The third-order valence-electron chi connectivity index (χ3n) is 2.31. The van der Waals surface area contributed by atoms with Crippen LogP contribution >= 0.6 is 0 Å². The first-order valence-electron chi connectivity index (χ1n) is 3.63. The van der Waals surface area contributed by atoms with Gasteiger partial charge in [0.2, 0.25) is 0 Å². The second-order valence-electron chi connectivity index (χ2n) is 3.05. The van der Waals surface area contributed by atoms with Crippen LogP contribution in [0.1, 0.15) is 18.5 Å². The average molecular weight is 176 g/mol. The number of aromatic amines is 1. The minimum absolute atomic E-state index is 0.179. The van der Waals surface area contributed by atoms with Gasteiger partial charge in [0.1, 0.15) is 5.41 Å². The van der Waals surface area contributed by atoms with E-state index in [-0.39, 0.29) is 18.5 Å². The minimum atomic E-state index is -4.14. The SMILES string of the molecule is FC(F)(F)C1(c2ccn[nH]2)CC1. The number of aromatic nitrogens is 2. The van der Waals surface area contributed by atoms with Crippen LogP contribution in [-0.2, 0) is 5.41 Å². The molecule has 1 aliphatic carbocycles. The van der Waals surface area contributed by atoms with Crippen LogP contribution in [0.4, 0.5) is 13.2 Å². The van der Waals surface area contributed by atoms with Gasteiger partial charge < -0.3 is 0 Å². The Balaban J connectivity index is 2.35. The standard InChI is InChI=1S/C7H7F3N2/c8-7(9,10)6(2-3-6)5-1-4-11-12-5/h1,4H,2-3H2,(H,11,12). The van der Waals surface area contributed by atoms with Gasteiger partial charge in [-0.05, 0) is 18.9 Å². The van der Waals surface area contributed by atoms with Gasteiger partial charge in [-0.2, -0.15) is 18.3 Å². The van der Waals surface area contributed by atoms with Gasteiger partial charge >= 0.3 is 6.18 Å². The second-order valence-corrected chi connectivity index (χ2v) is 3.05. The molecule has 0 amide bonds. The van der Waals surface area contributed by atoms with Crippen LogP contribution in [-0.4, -0.2) is 16.4 Å². The van der Waals surface area contributed by atoms with Crippen molar-refractivity contribution in [3.63, 3.8) is 0 Å². The Morgan fingerprint density at radius 3 is 2.42 bits per heavy atom. The first kappa shape index (κ1) is 7.64. The summed E-state index contributed by atoms with van der Waals surface area (Å²) < 4.78 is 37.2. The molecule has 1 fully saturated rings. The molecule has 1 heterocycles. The van der Waals surface area contributed by atoms with Crippen LogP contribution in [0.2, 0.25) is 0 Å². The highest BCUT2D eigenvalue weighted by atomic mass is 19.4. The van der Waals surface area contributed by atoms with Crippen molar-refractivity contribution >= 4 is 0 Å². The summed E-state index contributed by atoms with van der Waals surface area (Å²) in [5.74, 6) is 0. The maximum atomic E-state index is 12.4. The van der Waals surface area contributed by atoms with E-state index in [1.807, 2.05) is 0 Å². The van der Waals surface area contributed by atoms with Crippen LogP contribution in [0.3, 0.4) is 0 Å². The maximum Gasteiger partial charge on any atom is 0.399 e. The quantitative estimate of drug-likeness (QED) is 0.696. The van der Waals surface area contributed by atoms with Gasteiger partial charge in [0.25, 0.3) is 0 Å². The third-order valence-corrected chi connectivity index (χ3v) is 2.31. The summed E-state index contributed by atoms with van der Waals surface area (Å²) >= 11 is 0. The van der Waals surface area contributed by atoms with E-state index >= 15 is 0 Å². The Hall–Kier alpha value is -1.00. The molecule has 1 aromatic rings. The molecule has 2 rings (SSSR count). The van der Waals surface area contributed by atoms with Gasteiger partial charge in [0, 0.05) is 6.20 Å². The predicted octanol–water partition coefficient (Wildman–Crippen LogP) is 2.00. The van der Waals surface area contributed by atoms with Crippen LogP contribution in [0, 0.1) is 0 Å². The molecule has 2 nitrogen and oxygen atoms in total. The Bertz CT molecular complexity index is 271. The van der Waals surface area contributed by atoms with Gasteiger partial charge in [-0.1, -0.05) is 0 Å². The number of H-pyrrole nitrogens is 1. The van der Waals surface area contributed by atoms with Gasteiger partial charge in [0.05, 0.1) is 5.69 Å². The Morgan fingerprint density at radius 2 is 2.08 bits per heavy atom. The molecule has 66 valence electrons. The normalized spacial score (nSPS) is 20.9. The van der Waals surface area contributed by atoms with Crippen LogP contribution in [0.15, 0.2) is 12.3 Å². The summed E-state index contributed by atoms with van der Waals surface area (Å²) in [5.41, 5.74) is -1.42. The molecule has 5 heteroatoms.